The number of carbonyl (C=O) groups is 1. The third-order valence-electron chi connectivity index (χ3n) is 4.54. The zero-order chi connectivity index (χ0) is 21.0. The molecule has 150 valence electrons. The summed E-state index contributed by atoms with van der Waals surface area (Å²) in [5.41, 5.74) is 3.52. The minimum Gasteiger partial charge on any atom is -0.494 e. The highest BCUT2D eigenvalue weighted by molar-refractivity contribution is 7.92. The molecule has 0 saturated carbocycles. The second kappa shape index (κ2) is 8.36. The number of sulfone groups is 1. The Morgan fingerprint density at radius 2 is 1.62 bits per heavy atom. The normalized spacial score (nSPS) is 11.1. The van der Waals surface area contributed by atoms with Crippen molar-refractivity contribution in [1.29, 1.82) is 0 Å². The van der Waals surface area contributed by atoms with Crippen LogP contribution in [0.5, 0.6) is 5.75 Å². The quantitative estimate of drug-likeness (QED) is 0.633. The van der Waals surface area contributed by atoms with Gasteiger partial charge in [0.25, 0.3) is 0 Å². The summed E-state index contributed by atoms with van der Waals surface area (Å²) < 4.78 is 29.9. The van der Waals surface area contributed by atoms with Gasteiger partial charge in [-0.25, -0.2) is 8.42 Å². The summed E-state index contributed by atoms with van der Waals surface area (Å²) in [7, 11) is -0.399. The van der Waals surface area contributed by atoms with Gasteiger partial charge in [-0.3, -0.25) is 4.79 Å². The first-order valence-electron chi connectivity index (χ1n) is 8.84. The maximum absolute atomic E-state index is 12.1. The van der Waals surface area contributed by atoms with Crippen LogP contribution in [0.1, 0.15) is 0 Å². The SMILES string of the molecule is COc1c(-c2ccccc2)cccc1N(C)c1ccc(S(=O)(=O)CC(=O)O)cc1. The molecule has 0 aromatic heterocycles. The number of ether oxygens (including phenoxy) is 1. The summed E-state index contributed by atoms with van der Waals surface area (Å²) in [5, 5.41) is 8.78. The van der Waals surface area contributed by atoms with E-state index in [0.29, 0.717) is 5.75 Å². The molecule has 0 spiro atoms. The van der Waals surface area contributed by atoms with Gasteiger partial charge in [-0.1, -0.05) is 42.5 Å². The molecule has 0 aliphatic rings. The predicted molar refractivity (Wildman–Crippen MR) is 113 cm³/mol. The van der Waals surface area contributed by atoms with Crippen molar-refractivity contribution < 1.29 is 23.1 Å². The van der Waals surface area contributed by atoms with Crippen LogP contribution in [-0.2, 0) is 14.6 Å². The predicted octanol–water partition coefficient (Wildman–Crippen LogP) is 3.99. The van der Waals surface area contributed by atoms with Crippen molar-refractivity contribution in [2.24, 2.45) is 0 Å². The number of hydrogen-bond acceptors (Lipinski definition) is 5. The van der Waals surface area contributed by atoms with E-state index >= 15 is 0 Å². The zero-order valence-corrected chi connectivity index (χ0v) is 16.9. The highest BCUT2D eigenvalue weighted by Crippen LogP contribution is 2.40. The molecule has 0 aliphatic heterocycles. The number of benzene rings is 3. The van der Waals surface area contributed by atoms with Crippen molar-refractivity contribution >= 4 is 27.2 Å². The van der Waals surface area contributed by atoms with Crippen LogP contribution < -0.4 is 9.64 Å². The topological polar surface area (TPSA) is 83.9 Å². The minimum atomic E-state index is -3.86. The number of carboxylic acids is 1. The van der Waals surface area contributed by atoms with Crippen molar-refractivity contribution in [3.8, 4) is 16.9 Å². The van der Waals surface area contributed by atoms with Crippen molar-refractivity contribution in [3.63, 3.8) is 0 Å². The van der Waals surface area contributed by atoms with Crippen LogP contribution in [0.25, 0.3) is 11.1 Å². The molecular weight excluding hydrogens is 390 g/mol. The van der Waals surface area contributed by atoms with Crippen LogP contribution in [0, 0.1) is 0 Å². The van der Waals surface area contributed by atoms with E-state index in [2.05, 4.69) is 0 Å². The van der Waals surface area contributed by atoms with Crippen molar-refractivity contribution in [3.05, 3.63) is 72.8 Å². The Morgan fingerprint density at radius 3 is 2.21 bits per heavy atom. The fourth-order valence-electron chi connectivity index (χ4n) is 3.11. The molecule has 0 saturated heterocycles. The number of nitrogens with zero attached hydrogens (tertiary/aromatic N) is 1. The molecule has 0 unspecified atom stereocenters. The molecular formula is C22H21NO5S. The standard InChI is InChI=1S/C22H21NO5S/c1-23(17-11-13-18(14-12-17)29(26,27)15-21(24)25)20-10-6-9-19(22(20)28-2)16-7-4-3-5-8-16/h3-14H,15H2,1-2H3,(H,24,25). The number of carboxylic acid groups (broad SMARTS) is 1. The summed E-state index contributed by atoms with van der Waals surface area (Å²) in [6.45, 7) is 0. The molecule has 3 aromatic carbocycles. The lowest BCUT2D eigenvalue weighted by Gasteiger charge is -2.24. The van der Waals surface area contributed by atoms with Crippen molar-refractivity contribution in [2.45, 2.75) is 4.90 Å². The first kappa shape index (κ1) is 20.4. The minimum absolute atomic E-state index is 0.0259. The number of rotatable bonds is 7. The third kappa shape index (κ3) is 4.41. The van der Waals surface area contributed by atoms with Gasteiger partial charge in [-0.05, 0) is 35.9 Å². The molecule has 1 N–H and O–H groups in total. The van der Waals surface area contributed by atoms with E-state index in [1.165, 1.54) is 12.1 Å². The van der Waals surface area contributed by atoms with Gasteiger partial charge in [0.2, 0.25) is 0 Å². The highest BCUT2D eigenvalue weighted by Gasteiger charge is 2.20. The van der Waals surface area contributed by atoms with Crippen LogP contribution in [0.2, 0.25) is 0 Å². The second-order valence-corrected chi connectivity index (χ2v) is 8.42. The first-order chi connectivity index (χ1) is 13.8. The van der Waals surface area contributed by atoms with Crippen molar-refractivity contribution in [1.82, 2.24) is 0 Å². The Labute approximate surface area is 169 Å². The molecule has 7 heteroatoms. The Kier molecular flexibility index (Phi) is 5.89. The molecule has 0 bridgehead atoms. The monoisotopic (exact) mass is 411 g/mol. The molecule has 0 heterocycles. The van der Waals surface area contributed by atoms with Crippen LogP contribution in [0.4, 0.5) is 11.4 Å². The van der Waals surface area contributed by atoms with Gasteiger partial charge < -0.3 is 14.7 Å². The van der Waals surface area contributed by atoms with Gasteiger partial charge in [0.15, 0.2) is 15.6 Å². The summed E-state index contributed by atoms with van der Waals surface area (Å²) in [6.07, 6.45) is 0. The molecule has 6 nitrogen and oxygen atoms in total. The van der Waals surface area contributed by atoms with Gasteiger partial charge in [0.1, 0.15) is 5.75 Å². The molecule has 0 atom stereocenters. The molecule has 0 radical (unpaired) electrons. The molecule has 3 aromatic rings. The number of methoxy groups -OCH3 is 1. The van der Waals surface area contributed by atoms with Gasteiger partial charge in [-0.2, -0.15) is 0 Å². The largest absolute Gasteiger partial charge is 0.494 e. The summed E-state index contributed by atoms with van der Waals surface area (Å²) in [5.74, 6) is -1.62. The number of para-hydroxylation sites is 1. The van der Waals surface area contributed by atoms with Gasteiger partial charge in [-0.15, -0.1) is 0 Å². The first-order valence-corrected chi connectivity index (χ1v) is 10.5. The lowest BCUT2D eigenvalue weighted by atomic mass is 10.0. The number of aliphatic carboxylic acids is 1. The zero-order valence-electron chi connectivity index (χ0n) is 16.1. The van der Waals surface area contributed by atoms with Crippen LogP contribution in [0.15, 0.2) is 77.7 Å². The van der Waals surface area contributed by atoms with E-state index in [1.807, 2.05) is 60.5 Å². The lowest BCUT2D eigenvalue weighted by molar-refractivity contribution is -0.134. The van der Waals surface area contributed by atoms with Gasteiger partial charge in [0, 0.05) is 18.3 Å². The van der Waals surface area contributed by atoms with Gasteiger partial charge in [0.05, 0.1) is 17.7 Å². The number of anilines is 2. The Bertz CT molecular complexity index is 1110. The van der Waals surface area contributed by atoms with E-state index in [4.69, 9.17) is 9.84 Å². The fraction of sp³-hybridized carbons (Fsp3) is 0.136. The van der Waals surface area contributed by atoms with Crippen LogP contribution >= 0.6 is 0 Å². The summed E-state index contributed by atoms with van der Waals surface area (Å²) in [4.78, 5) is 12.6. The maximum Gasteiger partial charge on any atom is 0.319 e. The molecule has 3 rings (SSSR count). The molecule has 0 aliphatic carbocycles. The van der Waals surface area contributed by atoms with E-state index in [9.17, 15) is 13.2 Å². The highest BCUT2D eigenvalue weighted by atomic mass is 32.2. The van der Waals surface area contributed by atoms with E-state index < -0.39 is 21.6 Å². The Morgan fingerprint density at radius 1 is 0.966 bits per heavy atom. The smallest absolute Gasteiger partial charge is 0.319 e. The average Bonchev–Trinajstić information content (AvgIpc) is 2.72. The summed E-state index contributed by atoms with van der Waals surface area (Å²) in [6, 6.07) is 21.8. The fourth-order valence-corrected chi connectivity index (χ4v) is 4.15. The lowest BCUT2D eigenvalue weighted by Crippen LogP contribution is -2.16. The maximum atomic E-state index is 12.1. The molecule has 0 fully saturated rings. The van der Waals surface area contributed by atoms with E-state index in [-0.39, 0.29) is 4.90 Å². The Hall–Kier alpha value is -3.32. The van der Waals surface area contributed by atoms with E-state index in [0.717, 1.165) is 22.5 Å². The second-order valence-electron chi connectivity index (χ2n) is 6.43. The van der Waals surface area contributed by atoms with Gasteiger partial charge >= 0.3 is 5.97 Å². The van der Waals surface area contributed by atoms with Crippen LogP contribution in [0.3, 0.4) is 0 Å². The Balaban J connectivity index is 1.97. The van der Waals surface area contributed by atoms with Crippen molar-refractivity contribution in [2.75, 3.05) is 24.8 Å². The average molecular weight is 411 g/mol. The van der Waals surface area contributed by atoms with Crippen LogP contribution in [-0.4, -0.2) is 39.4 Å². The van der Waals surface area contributed by atoms with E-state index in [1.54, 1.807) is 19.2 Å². The molecule has 0 amide bonds. The third-order valence-corrected chi connectivity index (χ3v) is 6.16. The molecule has 29 heavy (non-hydrogen) atoms. The summed E-state index contributed by atoms with van der Waals surface area (Å²) >= 11 is 0. The number of hydrogen-bond donors (Lipinski definition) is 1.